The van der Waals surface area contributed by atoms with E-state index in [0.29, 0.717) is 49.3 Å². The molecule has 224 valence electrons. The molecule has 0 saturated heterocycles. The van der Waals surface area contributed by atoms with Gasteiger partial charge in [0.2, 0.25) is 0 Å². The Morgan fingerprint density at radius 1 is 1.10 bits per heavy atom. The number of aliphatic hydroxyl groups excluding tert-OH is 1. The SMILES string of the molecule is CC(C)CCC1CCC(CC(O)CCc2ccc(O)c(OC3CCCCC3)c2)OCc2cnc(N)cc2C#CC1C. The van der Waals surface area contributed by atoms with Crippen molar-refractivity contribution in [3.63, 3.8) is 0 Å². The summed E-state index contributed by atoms with van der Waals surface area (Å²) in [5.74, 6) is 9.48. The van der Waals surface area contributed by atoms with Crippen LogP contribution in [-0.2, 0) is 17.8 Å². The van der Waals surface area contributed by atoms with Gasteiger partial charge in [-0.15, -0.1) is 0 Å². The quantitative estimate of drug-likeness (QED) is 0.265. The molecule has 1 aliphatic heterocycles. The van der Waals surface area contributed by atoms with Crippen molar-refractivity contribution in [1.29, 1.82) is 0 Å². The zero-order valence-corrected chi connectivity index (χ0v) is 25.3. The zero-order valence-electron chi connectivity index (χ0n) is 25.3. The lowest BCUT2D eigenvalue weighted by atomic mass is 9.83. The number of phenolic OH excluding ortho intramolecular Hbond substituents is 1. The molecule has 4 N–H and O–H groups in total. The predicted octanol–water partition coefficient (Wildman–Crippen LogP) is 7.18. The normalized spacial score (nSPS) is 22.7. The summed E-state index contributed by atoms with van der Waals surface area (Å²) in [7, 11) is 0. The van der Waals surface area contributed by atoms with Crippen molar-refractivity contribution in [1.82, 2.24) is 4.98 Å². The van der Waals surface area contributed by atoms with Gasteiger partial charge in [0.15, 0.2) is 11.5 Å². The fourth-order valence-corrected chi connectivity index (χ4v) is 6.03. The van der Waals surface area contributed by atoms with Gasteiger partial charge in [0, 0.05) is 23.2 Å². The maximum absolute atomic E-state index is 11.1. The number of benzene rings is 1. The van der Waals surface area contributed by atoms with E-state index < -0.39 is 6.10 Å². The van der Waals surface area contributed by atoms with Crippen LogP contribution in [0.4, 0.5) is 5.82 Å². The minimum absolute atomic E-state index is 0.0627. The number of anilines is 1. The van der Waals surface area contributed by atoms with E-state index in [2.05, 4.69) is 37.6 Å². The Bertz CT molecular complexity index is 1160. The van der Waals surface area contributed by atoms with Gasteiger partial charge in [-0.3, -0.25) is 0 Å². The maximum atomic E-state index is 11.1. The van der Waals surface area contributed by atoms with Crippen molar-refractivity contribution in [3.8, 4) is 23.3 Å². The number of aromatic hydroxyl groups is 1. The first kappa shape index (κ1) is 31.2. The predicted molar refractivity (Wildman–Crippen MR) is 165 cm³/mol. The molecule has 1 aromatic carbocycles. The van der Waals surface area contributed by atoms with Crippen LogP contribution in [0.15, 0.2) is 30.5 Å². The highest BCUT2D eigenvalue weighted by Crippen LogP contribution is 2.32. The first-order valence-electron chi connectivity index (χ1n) is 15.8. The highest BCUT2D eigenvalue weighted by Gasteiger charge is 2.23. The van der Waals surface area contributed by atoms with Gasteiger partial charge in [0.05, 0.1) is 24.9 Å². The molecule has 6 heteroatoms. The third-order valence-electron chi connectivity index (χ3n) is 8.77. The monoisotopic (exact) mass is 562 g/mol. The molecule has 0 spiro atoms. The number of pyridine rings is 1. The first-order valence-corrected chi connectivity index (χ1v) is 15.8. The molecule has 1 aromatic heterocycles. The standard InChI is InChI=1S/C35H50N2O4/c1-24(2)9-13-27-15-17-32(40-23-29-22-37-35(36)20-28(29)14-10-25(27)3)21-30(38)16-11-26-12-18-33(39)34(19-26)41-31-7-5-4-6-8-31/h12,18-20,22,24-25,27,30-32,38-39H,4-9,11,13,15-17,21,23H2,1-3H3,(H2,36,37). The third-order valence-corrected chi connectivity index (χ3v) is 8.77. The topological polar surface area (TPSA) is 97.8 Å². The van der Waals surface area contributed by atoms with E-state index in [-0.39, 0.29) is 23.9 Å². The molecule has 6 nitrogen and oxygen atoms in total. The summed E-state index contributed by atoms with van der Waals surface area (Å²) in [6.45, 7) is 7.18. The molecule has 2 aromatic rings. The van der Waals surface area contributed by atoms with Gasteiger partial charge in [0.25, 0.3) is 0 Å². The van der Waals surface area contributed by atoms with E-state index >= 15 is 0 Å². The molecule has 0 amide bonds. The number of fused-ring (bicyclic) bond motifs is 1. The Labute approximate surface area is 247 Å². The smallest absolute Gasteiger partial charge is 0.161 e. The van der Waals surface area contributed by atoms with Crippen LogP contribution in [0.25, 0.3) is 0 Å². The van der Waals surface area contributed by atoms with Crippen LogP contribution >= 0.6 is 0 Å². The number of aromatic nitrogens is 1. The molecule has 2 heterocycles. The summed E-state index contributed by atoms with van der Waals surface area (Å²) in [4.78, 5) is 4.28. The van der Waals surface area contributed by atoms with E-state index in [9.17, 15) is 10.2 Å². The molecule has 41 heavy (non-hydrogen) atoms. The number of nitrogens with zero attached hydrogens (tertiary/aromatic N) is 1. The lowest BCUT2D eigenvalue weighted by Crippen LogP contribution is -2.23. The fourth-order valence-electron chi connectivity index (χ4n) is 6.03. The number of nitrogen functional groups attached to an aromatic ring is 1. The Balaban J connectivity index is 1.39. The van der Waals surface area contributed by atoms with Crippen LogP contribution in [0, 0.1) is 29.6 Å². The average molecular weight is 563 g/mol. The minimum Gasteiger partial charge on any atom is -0.504 e. The van der Waals surface area contributed by atoms with Crippen molar-refractivity contribution in [3.05, 3.63) is 47.2 Å². The summed E-state index contributed by atoms with van der Waals surface area (Å²) in [6.07, 6.45) is 13.2. The van der Waals surface area contributed by atoms with E-state index in [1.165, 1.54) is 25.7 Å². The lowest BCUT2D eigenvalue weighted by Gasteiger charge is -2.26. The average Bonchev–Trinajstić information content (AvgIpc) is 2.98. The van der Waals surface area contributed by atoms with Gasteiger partial charge in [-0.05, 0) is 99.8 Å². The van der Waals surface area contributed by atoms with Crippen LogP contribution in [0.3, 0.4) is 0 Å². The van der Waals surface area contributed by atoms with Crippen LogP contribution in [0.1, 0.15) is 108 Å². The molecule has 0 bridgehead atoms. The van der Waals surface area contributed by atoms with E-state index in [1.807, 2.05) is 18.2 Å². The highest BCUT2D eigenvalue weighted by atomic mass is 16.5. The molecule has 1 saturated carbocycles. The van der Waals surface area contributed by atoms with Crippen LogP contribution in [0.2, 0.25) is 0 Å². The summed E-state index contributed by atoms with van der Waals surface area (Å²) in [6, 6.07) is 7.42. The summed E-state index contributed by atoms with van der Waals surface area (Å²) in [5, 5.41) is 21.5. The number of phenols is 1. The van der Waals surface area contributed by atoms with Gasteiger partial charge in [-0.2, -0.15) is 0 Å². The minimum atomic E-state index is -0.492. The van der Waals surface area contributed by atoms with Crippen LogP contribution < -0.4 is 10.5 Å². The summed E-state index contributed by atoms with van der Waals surface area (Å²) < 4.78 is 12.6. The second-order valence-electron chi connectivity index (χ2n) is 12.7. The van der Waals surface area contributed by atoms with Crippen LogP contribution in [0.5, 0.6) is 11.5 Å². The van der Waals surface area contributed by atoms with E-state index in [1.54, 1.807) is 12.3 Å². The first-order chi connectivity index (χ1) is 19.8. The van der Waals surface area contributed by atoms with Crippen molar-refractivity contribution >= 4 is 5.82 Å². The van der Waals surface area contributed by atoms with Gasteiger partial charge < -0.3 is 25.4 Å². The highest BCUT2D eigenvalue weighted by molar-refractivity contribution is 5.47. The number of aliphatic hydroxyl groups is 1. The van der Waals surface area contributed by atoms with Crippen LogP contribution in [-0.4, -0.2) is 33.5 Å². The number of nitrogens with two attached hydrogens (primary N) is 1. The maximum Gasteiger partial charge on any atom is 0.161 e. The number of hydrogen-bond donors (Lipinski definition) is 3. The Morgan fingerprint density at radius 2 is 1.90 bits per heavy atom. The fraction of sp³-hybridized carbons (Fsp3) is 0.629. The van der Waals surface area contributed by atoms with Crippen molar-refractivity contribution in [2.45, 2.75) is 123 Å². The van der Waals surface area contributed by atoms with Crippen molar-refractivity contribution in [2.75, 3.05) is 5.73 Å². The molecule has 1 aliphatic carbocycles. The van der Waals surface area contributed by atoms with Crippen molar-refractivity contribution < 1.29 is 19.7 Å². The number of hydrogen-bond acceptors (Lipinski definition) is 6. The molecule has 0 radical (unpaired) electrons. The number of ether oxygens (including phenoxy) is 2. The van der Waals surface area contributed by atoms with Crippen molar-refractivity contribution in [2.24, 2.45) is 17.8 Å². The van der Waals surface area contributed by atoms with E-state index in [4.69, 9.17) is 15.2 Å². The molecule has 2 aliphatic rings. The second-order valence-corrected chi connectivity index (χ2v) is 12.7. The van der Waals surface area contributed by atoms with Gasteiger partial charge in [-0.1, -0.05) is 51.5 Å². The second kappa shape index (κ2) is 15.5. The molecular formula is C35H50N2O4. The summed E-state index contributed by atoms with van der Waals surface area (Å²) in [5.41, 5.74) is 8.86. The summed E-state index contributed by atoms with van der Waals surface area (Å²) >= 11 is 0. The largest absolute Gasteiger partial charge is 0.504 e. The van der Waals surface area contributed by atoms with E-state index in [0.717, 1.165) is 48.8 Å². The lowest BCUT2D eigenvalue weighted by molar-refractivity contribution is -0.00630. The number of aryl methyl sites for hydroxylation is 1. The number of rotatable bonds is 10. The van der Waals surface area contributed by atoms with Gasteiger partial charge >= 0.3 is 0 Å². The Hall–Kier alpha value is -2.75. The zero-order chi connectivity index (χ0) is 29.2. The Kier molecular flexibility index (Phi) is 11.8. The molecule has 4 atom stereocenters. The Morgan fingerprint density at radius 3 is 2.68 bits per heavy atom. The molecule has 4 rings (SSSR count). The van der Waals surface area contributed by atoms with Gasteiger partial charge in [0.1, 0.15) is 5.82 Å². The molecule has 1 fully saturated rings. The molecular weight excluding hydrogens is 512 g/mol. The third kappa shape index (κ3) is 9.94. The van der Waals surface area contributed by atoms with Gasteiger partial charge in [-0.25, -0.2) is 4.98 Å². The molecule has 4 unspecified atom stereocenters.